The molecule has 0 aromatic heterocycles. The molecule has 0 bridgehead atoms. The molecule has 0 aliphatic carbocycles. The number of sulfone groups is 1. The molecule has 6 heteroatoms. The van der Waals surface area contributed by atoms with Gasteiger partial charge in [0, 0.05) is 13.1 Å². The summed E-state index contributed by atoms with van der Waals surface area (Å²) in [5.41, 5.74) is 1.83. The highest BCUT2D eigenvalue weighted by molar-refractivity contribution is 7.91. The molecule has 1 aromatic carbocycles. The lowest BCUT2D eigenvalue weighted by molar-refractivity contribution is -0.119. The molecule has 2 aliphatic rings. The fourth-order valence-electron chi connectivity index (χ4n) is 3.23. The third kappa shape index (κ3) is 3.43. The lowest BCUT2D eigenvalue weighted by Crippen LogP contribution is -2.31. The van der Waals surface area contributed by atoms with Gasteiger partial charge >= 0.3 is 0 Å². The summed E-state index contributed by atoms with van der Waals surface area (Å²) < 4.78 is 23.0. The maximum atomic E-state index is 12.3. The minimum Gasteiger partial charge on any atom is -0.370 e. The van der Waals surface area contributed by atoms with Crippen LogP contribution < -0.4 is 10.2 Å². The summed E-state index contributed by atoms with van der Waals surface area (Å²) >= 11 is 0. The first-order chi connectivity index (χ1) is 10.6. The number of rotatable bonds is 3. The summed E-state index contributed by atoms with van der Waals surface area (Å²) in [6.07, 6.45) is 4.03. The van der Waals surface area contributed by atoms with Crippen molar-refractivity contribution in [1.82, 2.24) is 0 Å². The SMILES string of the molecule is O=C(Nc1ccccc1N1CCCCC1)[C@H]1CCS(=O)(=O)C1. The van der Waals surface area contributed by atoms with E-state index < -0.39 is 15.8 Å². The Labute approximate surface area is 131 Å². The van der Waals surface area contributed by atoms with E-state index in [0.29, 0.717) is 6.42 Å². The molecule has 2 aliphatic heterocycles. The van der Waals surface area contributed by atoms with Gasteiger partial charge in [-0.25, -0.2) is 8.42 Å². The van der Waals surface area contributed by atoms with Crippen molar-refractivity contribution in [2.24, 2.45) is 5.92 Å². The van der Waals surface area contributed by atoms with E-state index in [9.17, 15) is 13.2 Å². The van der Waals surface area contributed by atoms with Crippen LogP contribution >= 0.6 is 0 Å². The summed E-state index contributed by atoms with van der Waals surface area (Å²) in [4.78, 5) is 14.6. The van der Waals surface area contributed by atoms with Crippen LogP contribution in [-0.4, -0.2) is 38.9 Å². The van der Waals surface area contributed by atoms with Crippen molar-refractivity contribution in [3.05, 3.63) is 24.3 Å². The smallest absolute Gasteiger partial charge is 0.228 e. The number of para-hydroxylation sites is 2. The number of piperidine rings is 1. The van der Waals surface area contributed by atoms with Gasteiger partial charge in [-0.15, -0.1) is 0 Å². The highest BCUT2D eigenvalue weighted by Crippen LogP contribution is 2.29. The average Bonchev–Trinajstić information content (AvgIpc) is 2.89. The van der Waals surface area contributed by atoms with Crippen molar-refractivity contribution in [1.29, 1.82) is 0 Å². The van der Waals surface area contributed by atoms with Crippen LogP contribution in [0.2, 0.25) is 0 Å². The highest BCUT2D eigenvalue weighted by Gasteiger charge is 2.33. The number of carbonyl (C=O) groups is 1. The summed E-state index contributed by atoms with van der Waals surface area (Å²) in [7, 11) is -3.03. The average molecular weight is 322 g/mol. The molecule has 0 radical (unpaired) electrons. The second-order valence-electron chi connectivity index (χ2n) is 6.15. The second kappa shape index (κ2) is 6.28. The third-order valence-electron chi connectivity index (χ3n) is 4.46. The van der Waals surface area contributed by atoms with E-state index in [1.165, 1.54) is 19.3 Å². The first kappa shape index (κ1) is 15.3. The lowest BCUT2D eigenvalue weighted by atomic mass is 10.1. The molecule has 5 nitrogen and oxygen atoms in total. The molecule has 3 rings (SSSR count). The minimum atomic E-state index is -3.03. The quantitative estimate of drug-likeness (QED) is 0.925. The first-order valence-electron chi connectivity index (χ1n) is 7.90. The van der Waals surface area contributed by atoms with Crippen molar-refractivity contribution in [2.75, 3.05) is 34.8 Å². The minimum absolute atomic E-state index is 0.0231. The number of anilines is 2. The van der Waals surface area contributed by atoms with Gasteiger partial charge in [-0.2, -0.15) is 0 Å². The molecule has 22 heavy (non-hydrogen) atoms. The van der Waals surface area contributed by atoms with Crippen LogP contribution in [0.1, 0.15) is 25.7 Å². The molecule has 1 atom stereocenters. The number of benzene rings is 1. The van der Waals surface area contributed by atoms with Crippen LogP contribution in [0.15, 0.2) is 24.3 Å². The van der Waals surface area contributed by atoms with Crippen LogP contribution in [0, 0.1) is 5.92 Å². The van der Waals surface area contributed by atoms with Gasteiger partial charge in [0.15, 0.2) is 9.84 Å². The normalized spacial score (nSPS) is 24.2. The Hall–Kier alpha value is -1.56. The summed E-state index contributed by atoms with van der Waals surface area (Å²) in [6, 6.07) is 7.78. The number of nitrogens with one attached hydrogen (secondary N) is 1. The molecule has 2 heterocycles. The zero-order valence-electron chi connectivity index (χ0n) is 12.6. The predicted octanol–water partition coefficient (Wildman–Crippen LogP) is 2.05. The maximum absolute atomic E-state index is 12.3. The van der Waals surface area contributed by atoms with Crippen LogP contribution in [-0.2, 0) is 14.6 Å². The molecule has 2 saturated heterocycles. The zero-order valence-corrected chi connectivity index (χ0v) is 13.4. The van der Waals surface area contributed by atoms with E-state index in [1.54, 1.807) is 0 Å². The molecular weight excluding hydrogens is 300 g/mol. The Bertz CT molecular complexity index is 651. The topological polar surface area (TPSA) is 66.5 Å². The van der Waals surface area contributed by atoms with Gasteiger partial charge in [0.05, 0.1) is 28.8 Å². The molecular formula is C16H22N2O3S. The lowest BCUT2D eigenvalue weighted by Gasteiger charge is -2.30. The highest BCUT2D eigenvalue weighted by atomic mass is 32.2. The monoisotopic (exact) mass is 322 g/mol. The fourth-order valence-corrected chi connectivity index (χ4v) is 4.97. The van der Waals surface area contributed by atoms with E-state index in [2.05, 4.69) is 10.2 Å². The largest absolute Gasteiger partial charge is 0.370 e. The molecule has 0 saturated carbocycles. The van der Waals surface area contributed by atoms with Crippen molar-refractivity contribution in [3.8, 4) is 0 Å². The second-order valence-corrected chi connectivity index (χ2v) is 8.38. The van der Waals surface area contributed by atoms with Crippen LogP contribution in [0.25, 0.3) is 0 Å². The summed E-state index contributed by atoms with van der Waals surface area (Å²) in [6.45, 7) is 2.01. The van der Waals surface area contributed by atoms with Crippen LogP contribution in [0.4, 0.5) is 11.4 Å². The van der Waals surface area contributed by atoms with Gasteiger partial charge in [0.1, 0.15) is 0 Å². The van der Waals surface area contributed by atoms with Crippen molar-refractivity contribution in [3.63, 3.8) is 0 Å². The van der Waals surface area contributed by atoms with Gasteiger partial charge < -0.3 is 10.2 Å². The predicted molar refractivity (Wildman–Crippen MR) is 87.9 cm³/mol. The Morgan fingerprint density at radius 2 is 1.86 bits per heavy atom. The van der Waals surface area contributed by atoms with E-state index >= 15 is 0 Å². The molecule has 2 fully saturated rings. The molecule has 0 unspecified atom stereocenters. The molecule has 0 spiro atoms. The van der Waals surface area contributed by atoms with Crippen molar-refractivity contribution < 1.29 is 13.2 Å². The van der Waals surface area contributed by atoms with Crippen LogP contribution in [0.3, 0.4) is 0 Å². The van der Waals surface area contributed by atoms with Gasteiger partial charge in [0.25, 0.3) is 0 Å². The number of hydrogen-bond donors (Lipinski definition) is 1. The Balaban J connectivity index is 1.73. The summed E-state index contributed by atoms with van der Waals surface area (Å²) in [5, 5.41) is 2.94. The van der Waals surface area contributed by atoms with Gasteiger partial charge in [-0.3, -0.25) is 4.79 Å². The first-order valence-corrected chi connectivity index (χ1v) is 9.72. The number of amides is 1. The van der Waals surface area contributed by atoms with Crippen LogP contribution in [0.5, 0.6) is 0 Å². The zero-order chi connectivity index (χ0) is 15.6. The summed E-state index contributed by atoms with van der Waals surface area (Å²) in [5.74, 6) is -0.492. The fraction of sp³-hybridized carbons (Fsp3) is 0.562. The van der Waals surface area contributed by atoms with Gasteiger partial charge in [-0.1, -0.05) is 12.1 Å². The van der Waals surface area contributed by atoms with E-state index in [4.69, 9.17) is 0 Å². The van der Waals surface area contributed by atoms with Gasteiger partial charge in [-0.05, 0) is 37.8 Å². The van der Waals surface area contributed by atoms with E-state index in [-0.39, 0.29) is 17.4 Å². The molecule has 1 N–H and O–H groups in total. The Kier molecular flexibility index (Phi) is 4.38. The van der Waals surface area contributed by atoms with E-state index in [0.717, 1.165) is 24.5 Å². The number of nitrogens with zero attached hydrogens (tertiary/aromatic N) is 1. The third-order valence-corrected chi connectivity index (χ3v) is 6.23. The molecule has 1 amide bonds. The van der Waals surface area contributed by atoms with Crippen molar-refractivity contribution >= 4 is 27.1 Å². The van der Waals surface area contributed by atoms with E-state index in [1.807, 2.05) is 24.3 Å². The Morgan fingerprint density at radius 1 is 1.14 bits per heavy atom. The standard InChI is InChI=1S/C16H22N2O3S/c19-16(13-8-11-22(20,21)12-13)17-14-6-2-3-7-15(14)18-9-4-1-5-10-18/h2-3,6-7,13H,1,4-5,8-12H2,(H,17,19)/t13-/m0/s1. The molecule has 120 valence electrons. The van der Waals surface area contributed by atoms with Gasteiger partial charge in [0.2, 0.25) is 5.91 Å². The molecule has 1 aromatic rings. The van der Waals surface area contributed by atoms with Crippen molar-refractivity contribution in [2.45, 2.75) is 25.7 Å². The Morgan fingerprint density at radius 3 is 2.55 bits per heavy atom. The maximum Gasteiger partial charge on any atom is 0.228 e. The number of hydrogen-bond acceptors (Lipinski definition) is 4. The number of carbonyl (C=O) groups excluding carboxylic acids is 1.